The summed E-state index contributed by atoms with van der Waals surface area (Å²) in [6, 6.07) is 9.02. The average molecular weight is 222 g/mol. The van der Waals surface area contributed by atoms with Gasteiger partial charge in [0.2, 0.25) is 0 Å². The Kier molecular flexibility index (Phi) is 4.51. The Labute approximate surface area is 93.9 Å². The van der Waals surface area contributed by atoms with E-state index >= 15 is 0 Å². The van der Waals surface area contributed by atoms with Gasteiger partial charge in [0.25, 0.3) is 0 Å². The van der Waals surface area contributed by atoms with Crippen molar-refractivity contribution in [1.29, 1.82) is 0 Å². The van der Waals surface area contributed by atoms with Crippen LogP contribution in [0.3, 0.4) is 0 Å². The van der Waals surface area contributed by atoms with Crippen LogP contribution in [0.2, 0.25) is 0 Å². The summed E-state index contributed by atoms with van der Waals surface area (Å²) in [7, 11) is 0. The van der Waals surface area contributed by atoms with Gasteiger partial charge in [0.15, 0.2) is 5.92 Å². The highest BCUT2D eigenvalue weighted by molar-refractivity contribution is 5.94. The van der Waals surface area contributed by atoms with Crippen LogP contribution in [-0.4, -0.2) is 23.7 Å². The molecular formula is C12H14O4. The molecule has 0 fully saturated rings. The Morgan fingerprint density at radius 1 is 1.31 bits per heavy atom. The van der Waals surface area contributed by atoms with Gasteiger partial charge >= 0.3 is 11.9 Å². The third-order valence-electron chi connectivity index (χ3n) is 2.15. The Morgan fingerprint density at radius 3 is 2.44 bits per heavy atom. The molecule has 0 unspecified atom stereocenters. The topological polar surface area (TPSA) is 63.6 Å². The smallest absolute Gasteiger partial charge is 0.320 e. The van der Waals surface area contributed by atoms with E-state index in [9.17, 15) is 9.59 Å². The number of hydrogen-bond acceptors (Lipinski definition) is 3. The molecule has 1 aromatic carbocycles. The van der Waals surface area contributed by atoms with Crippen molar-refractivity contribution >= 4 is 11.9 Å². The molecule has 0 bridgehead atoms. The fourth-order valence-corrected chi connectivity index (χ4v) is 1.36. The van der Waals surface area contributed by atoms with Crippen molar-refractivity contribution in [3.05, 3.63) is 35.9 Å². The average Bonchev–Trinajstić information content (AvgIpc) is 2.27. The van der Waals surface area contributed by atoms with Gasteiger partial charge in [-0.3, -0.25) is 9.59 Å². The van der Waals surface area contributed by atoms with Crippen LogP contribution >= 0.6 is 0 Å². The van der Waals surface area contributed by atoms with Crippen LogP contribution in [0.15, 0.2) is 30.3 Å². The highest BCUT2D eigenvalue weighted by Gasteiger charge is 2.27. The van der Waals surface area contributed by atoms with Gasteiger partial charge in [-0.25, -0.2) is 0 Å². The molecule has 0 saturated carbocycles. The maximum Gasteiger partial charge on any atom is 0.320 e. The predicted octanol–water partition coefficient (Wildman–Crippen LogP) is 1.49. The minimum absolute atomic E-state index is 0.162. The van der Waals surface area contributed by atoms with E-state index in [1.165, 1.54) is 0 Å². The van der Waals surface area contributed by atoms with Gasteiger partial charge in [-0.05, 0) is 18.9 Å². The lowest BCUT2D eigenvalue weighted by atomic mass is 10.00. The Morgan fingerprint density at radius 2 is 1.94 bits per heavy atom. The lowest BCUT2D eigenvalue weighted by Crippen LogP contribution is -2.27. The van der Waals surface area contributed by atoms with Crippen molar-refractivity contribution in [3.63, 3.8) is 0 Å². The first-order chi connectivity index (χ1) is 7.65. The molecule has 86 valence electrons. The van der Waals surface area contributed by atoms with E-state index in [2.05, 4.69) is 0 Å². The highest BCUT2D eigenvalue weighted by atomic mass is 16.5. The molecule has 1 N–H and O–H groups in total. The number of benzene rings is 1. The van der Waals surface area contributed by atoms with Gasteiger partial charge in [-0.1, -0.05) is 30.3 Å². The molecule has 0 amide bonds. The van der Waals surface area contributed by atoms with Crippen LogP contribution in [0.5, 0.6) is 0 Å². The first-order valence-corrected chi connectivity index (χ1v) is 5.08. The maximum atomic E-state index is 11.4. The van der Waals surface area contributed by atoms with Crippen molar-refractivity contribution in [3.8, 4) is 0 Å². The molecule has 0 spiro atoms. The molecule has 4 heteroatoms. The quantitative estimate of drug-likeness (QED) is 0.605. The van der Waals surface area contributed by atoms with Crippen LogP contribution in [0, 0.1) is 5.92 Å². The zero-order valence-electron chi connectivity index (χ0n) is 9.05. The summed E-state index contributed by atoms with van der Waals surface area (Å²) in [4.78, 5) is 22.3. The molecule has 0 heterocycles. The number of rotatable bonds is 5. The first-order valence-electron chi connectivity index (χ1n) is 5.08. The van der Waals surface area contributed by atoms with Crippen LogP contribution in [0.25, 0.3) is 0 Å². The normalized spacial score (nSPS) is 11.8. The van der Waals surface area contributed by atoms with Crippen LogP contribution in [0.4, 0.5) is 0 Å². The summed E-state index contributed by atoms with van der Waals surface area (Å²) >= 11 is 0. The maximum absolute atomic E-state index is 11.4. The van der Waals surface area contributed by atoms with Crippen LogP contribution in [0.1, 0.15) is 12.5 Å². The lowest BCUT2D eigenvalue weighted by molar-refractivity contribution is -0.158. The molecular weight excluding hydrogens is 208 g/mol. The van der Waals surface area contributed by atoms with E-state index in [1.54, 1.807) is 31.2 Å². The minimum Gasteiger partial charge on any atom is -0.481 e. The van der Waals surface area contributed by atoms with Crippen LogP contribution < -0.4 is 0 Å². The highest BCUT2D eigenvalue weighted by Crippen LogP contribution is 2.10. The third kappa shape index (κ3) is 3.38. The summed E-state index contributed by atoms with van der Waals surface area (Å²) in [6.07, 6.45) is 0.162. The number of carbonyl (C=O) groups is 2. The van der Waals surface area contributed by atoms with Gasteiger partial charge in [0.1, 0.15) is 0 Å². The van der Waals surface area contributed by atoms with Gasteiger partial charge in [0, 0.05) is 0 Å². The second kappa shape index (κ2) is 5.90. The second-order valence-corrected chi connectivity index (χ2v) is 3.33. The van der Waals surface area contributed by atoms with E-state index in [0.717, 1.165) is 5.56 Å². The summed E-state index contributed by atoms with van der Waals surface area (Å²) < 4.78 is 4.72. The molecule has 16 heavy (non-hydrogen) atoms. The first kappa shape index (κ1) is 12.2. The molecule has 1 aromatic rings. The monoisotopic (exact) mass is 222 g/mol. The van der Waals surface area contributed by atoms with Crippen molar-refractivity contribution < 1.29 is 19.4 Å². The largest absolute Gasteiger partial charge is 0.481 e. The standard InChI is InChI=1S/C12H14O4/c1-2-16-12(15)10(11(13)14)8-9-6-4-3-5-7-9/h3-7,10H,2,8H2,1H3,(H,13,14)/t10-/m1/s1. The molecule has 4 nitrogen and oxygen atoms in total. The van der Waals surface area contributed by atoms with Crippen molar-refractivity contribution in [2.75, 3.05) is 6.61 Å². The fourth-order valence-electron chi connectivity index (χ4n) is 1.36. The van der Waals surface area contributed by atoms with Gasteiger partial charge in [0.05, 0.1) is 6.61 Å². The molecule has 1 rings (SSSR count). The Bertz CT molecular complexity index is 359. The lowest BCUT2D eigenvalue weighted by Gasteiger charge is -2.10. The molecule has 0 aromatic heterocycles. The molecule has 0 aliphatic carbocycles. The summed E-state index contributed by atoms with van der Waals surface area (Å²) in [6.45, 7) is 1.84. The van der Waals surface area contributed by atoms with Crippen molar-refractivity contribution in [1.82, 2.24) is 0 Å². The molecule has 1 atom stereocenters. The van der Waals surface area contributed by atoms with Gasteiger partial charge < -0.3 is 9.84 Å². The number of carbonyl (C=O) groups excluding carboxylic acids is 1. The number of esters is 1. The predicted molar refractivity (Wildman–Crippen MR) is 57.9 cm³/mol. The van der Waals surface area contributed by atoms with Crippen LogP contribution in [-0.2, 0) is 20.7 Å². The van der Waals surface area contributed by atoms with Gasteiger partial charge in [-0.2, -0.15) is 0 Å². The summed E-state index contributed by atoms with van der Waals surface area (Å²) in [5.41, 5.74) is 0.808. The molecule has 0 saturated heterocycles. The molecule has 0 aliphatic rings. The summed E-state index contributed by atoms with van der Waals surface area (Å²) in [5, 5.41) is 8.93. The van der Waals surface area contributed by atoms with Crippen molar-refractivity contribution in [2.45, 2.75) is 13.3 Å². The van der Waals surface area contributed by atoms with E-state index in [-0.39, 0.29) is 13.0 Å². The minimum atomic E-state index is -1.15. The SMILES string of the molecule is CCOC(=O)[C@H](Cc1ccccc1)C(=O)O. The number of ether oxygens (including phenoxy) is 1. The van der Waals surface area contributed by atoms with E-state index in [0.29, 0.717) is 0 Å². The fraction of sp³-hybridized carbons (Fsp3) is 0.333. The van der Waals surface area contributed by atoms with E-state index in [4.69, 9.17) is 9.84 Å². The van der Waals surface area contributed by atoms with Crippen molar-refractivity contribution in [2.24, 2.45) is 5.92 Å². The second-order valence-electron chi connectivity index (χ2n) is 3.33. The molecule has 0 radical (unpaired) electrons. The zero-order valence-corrected chi connectivity index (χ0v) is 9.05. The third-order valence-corrected chi connectivity index (χ3v) is 2.15. The van der Waals surface area contributed by atoms with Gasteiger partial charge in [-0.15, -0.1) is 0 Å². The Balaban J connectivity index is 2.73. The number of hydrogen-bond donors (Lipinski definition) is 1. The molecule has 0 aliphatic heterocycles. The Hall–Kier alpha value is -1.84. The number of carboxylic acids is 1. The number of carboxylic acid groups (broad SMARTS) is 1. The van der Waals surface area contributed by atoms with E-state index in [1.807, 2.05) is 6.07 Å². The summed E-state index contributed by atoms with van der Waals surface area (Å²) in [5.74, 6) is -2.96. The number of aliphatic carboxylic acids is 1. The zero-order chi connectivity index (χ0) is 12.0. The van der Waals surface area contributed by atoms with E-state index < -0.39 is 17.9 Å².